The molecular weight excluding hydrogens is 425 g/mol. The molecule has 0 aliphatic rings. The van der Waals surface area contributed by atoms with Crippen molar-refractivity contribution in [3.05, 3.63) is 71.4 Å². The molecule has 31 heavy (non-hydrogen) atoms. The molecule has 2 heterocycles. The van der Waals surface area contributed by atoms with Gasteiger partial charge in [-0.3, -0.25) is 0 Å². The van der Waals surface area contributed by atoms with E-state index < -0.39 is 34.2 Å². The summed E-state index contributed by atoms with van der Waals surface area (Å²) in [5.41, 5.74) is -0.875. The molecule has 3 rings (SSSR count). The van der Waals surface area contributed by atoms with Crippen molar-refractivity contribution in [1.82, 2.24) is 13.9 Å². The van der Waals surface area contributed by atoms with Crippen molar-refractivity contribution >= 4 is 16.1 Å². The van der Waals surface area contributed by atoms with Crippen LogP contribution in [0.4, 0.5) is 9.18 Å². The summed E-state index contributed by atoms with van der Waals surface area (Å²) in [5.74, 6) is -1.00. The van der Waals surface area contributed by atoms with Crippen LogP contribution in [0.15, 0.2) is 53.7 Å². The fourth-order valence-electron chi connectivity index (χ4n) is 2.90. The van der Waals surface area contributed by atoms with Crippen LogP contribution in [0.5, 0.6) is 0 Å². The van der Waals surface area contributed by atoms with Gasteiger partial charge in [0.2, 0.25) is 0 Å². The third-order valence-electron chi connectivity index (χ3n) is 4.41. The van der Waals surface area contributed by atoms with E-state index in [1.54, 1.807) is 6.07 Å². The summed E-state index contributed by atoms with van der Waals surface area (Å²) in [5, 5.41) is 27.5. The van der Waals surface area contributed by atoms with Crippen molar-refractivity contribution in [2.45, 2.75) is 11.4 Å². The highest BCUT2D eigenvalue weighted by molar-refractivity contribution is 7.90. The highest BCUT2D eigenvalue weighted by Gasteiger charge is 2.29. The number of aromatic nitrogens is 2. The lowest BCUT2D eigenvalue weighted by Gasteiger charge is -2.11. The third-order valence-corrected chi connectivity index (χ3v) is 6.06. The number of rotatable bonds is 5. The fourth-order valence-corrected chi connectivity index (χ4v) is 4.34. The Kier molecular flexibility index (Phi) is 5.72. The van der Waals surface area contributed by atoms with E-state index in [-0.39, 0.29) is 27.3 Å². The number of pyridine rings is 1. The Morgan fingerprint density at radius 1 is 1.26 bits per heavy atom. The molecule has 1 N–H and O–H groups in total. The monoisotopic (exact) mass is 439 g/mol. The van der Waals surface area contributed by atoms with Crippen LogP contribution < -0.4 is 0 Å². The van der Waals surface area contributed by atoms with E-state index in [2.05, 4.69) is 4.98 Å². The van der Waals surface area contributed by atoms with Crippen LogP contribution in [0.2, 0.25) is 0 Å². The molecule has 3 aromatic rings. The molecule has 11 heteroatoms. The van der Waals surface area contributed by atoms with Crippen molar-refractivity contribution < 1.29 is 22.7 Å². The van der Waals surface area contributed by atoms with E-state index >= 15 is 4.39 Å². The van der Waals surface area contributed by atoms with Gasteiger partial charge in [0.1, 0.15) is 17.5 Å². The van der Waals surface area contributed by atoms with Gasteiger partial charge >= 0.3 is 6.09 Å². The van der Waals surface area contributed by atoms with Crippen molar-refractivity contribution in [1.29, 1.82) is 10.5 Å². The standard InChI is InChI=1S/C20H14FN5O4S/c1-25(20(27)28)11-14-12-26(31(29,30)15-5-2-4-13(8-15)9-22)19(18(14)21)16-6-3-7-24-17(16)10-23/h2-8,12H,11H2,1H3,(H,27,28). The zero-order valence-electron chi connectivity index (χ0n) is 16.0. The second-order valence-corrected chi connectivity index (χ2v) is 8.22. The SMILES string of the molecule is CN(Cc1cn(S(=O)(=O)c2cccc(C#N)c2)c(-c2cccnc2C#N)c1F)C(=O)O. The number of hydrogen-bond acceptors (Lipinski definition) is 6. The fraction of sp³-hybridized carbons (Fsp3) is 0.100. The van der Waals surface area contributed by atoms with Gasteiger partial charge in [-0.25, -0.2) is 26.6 Å². The first-order valence-corrected chi connectivity index (χ1v) is 10.1. The normalized spacial score (nSPS) is 10.8. The molecule has 2 aromatic heterocycles. The largest absolute Gasteiger partial charge is 0.465 e. The zero-order valence-corrected chi connectivity index (χ0v) is 16.8. The number of halogens is 1. The van der Waals surface area contributed by atoms with Crippen molar-refractivity contribution in [3.8, 4) is 23.4 Å². The topological polar surface area (TPSA) is 140 Å². The van der Waals surface area contributed by atoms with Crippen LogP contribution in [0.3, 0.4) is 0 Å². The molecule has 0 spiro atoms. The Morgan fingerprint density at radius 3 is 2.65 bits per heavy atom. The molecular formula is C20H14FN5O4S. The minimum Gasteiger partial charge on any atom is -0.465 e. The van der Waals surface area contributed by atoms with Gasteiger partial charge in [0.05, 0.1) is 23.1 Å². The van der Waals surface area contributed by atoms with Gasteiger partial charge in [-0.2, -0.15) is 10.5 Å². The maximum absolute atomic E-state index is 15.4. The number of nitrogens with zero attached hydrogens (tertiary/aromatic N) is 5. The summed E-state index contributed by atoms with van der Waals surface area (Å²) >= 11 is 0. The van der Waals surface area contributed by atoms with E-state index in [1.807, 2.05) is 6.07 Å². The lowest BCUT2D eigenvalue weighted by molar-refractivity contribution is 0.153. The number of hydrogen-bond donors (Lipinski definition) is 1. The van der Waals surface area contributed by atoms with Crippen LogP contribution in [0.1, 0.15) is 16.8 Å². The number of amides is 1. The maximum Gasteiger partial charge on any atom is 0.407 e. The minimum atomic E-state index is -4.41. The van der Waals surface area contributed by atoms with Gasteiger partial charge in [-0.05, 0) is 30.3 Å². The molecule has 0 atom stereocenters. The van der Waals surface area contributed by atoms with Gasteiger partial charge in [0, 0.05) is 30.6 Å². The van der Waals surface area contributed by atoms with Crippen LogP contribution in [-0.2, 0) is 16.6 Å². The number of carbonyl (C=O) groups is 1. The predicted molar refractivity (Wildman–Crippen MR) is 106 cm³/mol. The summed E-state index contributed by atoms with van der Waals surface area (Å²) in [7, 11) is -3.21. The average Bonchev–Trinajstić information content (AvgIpc) is 3.10. The van der Waals surface area contributed by atoms with Crippen molar-refractivity contribution in [2.75, 3.05) is 7.05 Å². The van der Waals surface area contributed by atoms with E-state index in [0.717, 1.165) is 17.2 Å². The van der Waals surface area contributed by atoms with E-state index in [4.69, 9.17) is 10.4 Å². The molecule has 156 valence electrons. The molecule has 0 saturated carbocycles. The predicted octanol–water partition coefficient (Wildman–Crippen LogP) is 2.78. The molecule has 0 saturated heterocycles. The minimum absolute atomic E-state index is 0.0771. The number of benzene rings is 1. The first-order chi connectivity index (χ1) is 14.7. The van der Waals surface area contributed by atoms with Gasteiger partial charge in [-0.15, -0.1) is 0 Å². The molecule has 0 bridgehead atoms. The van der Waals surface area contributed by atoms with Crippen LogP contribution in [0.25, 0.3) is 11.3 Å². The lowest BCUT2D eigenvalue weighted by atomic mass is 10.1. The van der Waals surface area contributed by atoms with Gasteiger partial charge < -0.3 is 10.0 Å². The summed E-state index contributed by atoms with van der Waals surface area (Å²) < 4.78 is 42.7. The van der Waals surface area contributed by atoms with Crippen LogP contribution >= 0.6 is 0 Å². The first kappa shape index (κ1) is 21.5. The zero-order chi connectivity index (χ0) is 22.8. The third kappa shape index (κ3) is 3.95. The smallest absolute Gasteiger partial charge is 0.407 e. The highest BCUT2D eigenvalue weighted by Crippen LogP contribution is 2.32. The highest BCUT2D eigenvalue weighted by atomic mass is 32.2. The summed E-state index contributed by atoms with van der Waals surface area (Å²) in [4.78, 5) is 15.5. The van der Waals surface area contributed by atoms with Gasteiger partial charge in [0.25, 0.3) is 10.0 Å². The summed E-state index contributed by atoms with van der Waals surface area (Å²) in [6.45, 7) is -0.433. The van der Waals surface area contributed by atoms with Crippen molar-refractivity contribution in [3.63, 3.8) is 0 Å². The summed E-state index contributed by atoms with van der Waals surface area (Å²) in [6.07, 6.45) is 0.932. The Labute approximate surface area is 176 Å². The van der Waals surface area contributed by atoms with Crippen molar-refractivity contribution in [2.24, 2.45) is 0 Å². The van der Waals surface area contributed by atoms with E-state index in [1.165, 1.54) is 43.6 Å². The molecule has 1 amide bonds. The first-order valence-electron chi connectivity index (χ1n) is 8.65. The summed E-state index contributed by atoms with van der Waals surface area (Å²) in [6, 6.07) is 11.5. The van der Waals surface area contributed by atoms with Gasteiger partial charge in [-0.1, -0.05) is 6.07 Å². The Bertz CT molecular complexity index is 1370. The Morgan fingerprint density at radius 2 is 2.00 bits per heavy atom. The van der Waals surface area contributed by atoms with Gasteiger partial charge in [0.15, 0.2) is 5.82 Å². The molecule has 0 radical (unpaired) electrons. The Hall–Kier alpha value is -4.22. The van der Waals surface area contributed by atoms with E-state index in [9.17, 15) is 18.5 Å². The number of nitriles is 2. The lowest BCUT2D eigenvalue weighted by Crippen LogP contribution is -2.24. The average molecular weight is 439 g/mol. The van der Waals surface area contributed by atoms with Crippen LogP contribution in [-0.4, -0.2) is 40.5 Å². The molecule has 0 unspecified atom stereocenters. The molecule has 9 nitrogen and oxygen atoms in total. The molecule has 0 aliphatic heterocycles. The molecule has 0 fully saturated rings. The Balaban J connectivity index is 2.32. The second kappa shape index (κ2) is 8.26. The molecule has 0 aliphatic carbocycles. The number of carboxylic acid groups (broad SMARTS) is 1. The quantitative estimate of drug-likeness (QED) is 0.644. The maximum atomic E-state index is 15.4. The second-order valence-electron chi connectivity index (χ2n) is 6.41. The van der Waals surface area contributed by atoms with E-state index in [0.29, 0.717) is 3.97 Å². The molecule has 1 aromatic carbocycles. The van der Waals surface area contributed by atoms with Crippen LogP contribution in [0, 0.1) is 28.5 Å².